The Morgan fingerprint density at radius 2 is 0.905 bits per heavy atom. The zero-order valence-electron chi connectivity index (χ0n) is 12.0. The third-order valence-electron chi connectivity index (χ3n) is 3.47. The minimum Gasteiger partial charge on any atom is -0.870 e. The van der Waals surface area contributed by atoms with Crippen molar-refractivity contribution in [1.29, 1.82) is 0 Å². The maximum absolute atomic E-state index is 2.20. The van der Waals surface area contributed by atoms with Gasteiger partial charge in [-0.25, -0.2) is 4.90 Å². The lowest BCUT2D eigenvalue weighted by molar-refractivity contribution is -0.681. The average Bonchev–Trinajstić information content (AvgIpc) is 2.52. The Labute approximate surface area is 125 Å². The maximum Gasteiger partial charge on any atom is 0.141 e. The largest absolute Gasteiger partial charge is 0.870 e. The summed E-state index contributed by atoms with van der Waals surface area (Å²) in [6.45, 7) is 2.12. The van der Waals surface area contributed by atoms with Gasteiger partial charge < -0.3 is 5.48 Å². The van der Waals surface area contributed by atoms with Crippen molar-refractivity contribution in [2.24, 2.45) is 0 Å². The van der Waals surface area contributed by atoms with Crippen molar-refractivity contribution in [2.75, 3.05) is 0 Å². The monoisotopic (exact) mass is 277 g/mol. The van der Waals surface area contributed by atoms with Crippen LogP contribution in [0.5, 0.6) is 0 Å². The van der Waals surface area contributed by atoms with E-state index in [1.165, 1.54) is 27.5 Å². The van der Waals surface area contributed by atoms with Crippen LogP contribution in [0, 0.1) is 6.92 Å². The third-order valence-corrected chi connectivity index (χ3v) is 3.47. The number of hydrogen-bond acceptors (Lipinski definition) is 1. The molecule has 3 rings (SSSR count). The highest BCUT2D eigenvalue weighted by Crippen LogP contribution is 2.15. The van der Waals surface area contributed by atoms with Gasteiger partial charge in [-0.3, -0.25) is 0 Å². The molecule has 0 radical (unpaired) electrons. The fourth-order valence-electron chi connectivity index (χ4n) is 2.43. The van der Waals surface area contributed by atoms with Gasteiger partial charge in [0, 0.05) is 12.1 Å². The second kappa shape index (κ2) is 6.84. The predicted molar refractivity (Wildman–Crippen MR) is 85.9 cm³/mol. The summed E-state index contributed by atoms with van der Waals surface area (Å²) < 4.78 is 0. The van der Waals surface area contributed by atoms with Crippen LogP contribution in [0.15, 0.2) is 84.9 Å². The van der Waals surface area contributed by atoms with Gasteiger partial charge in [-0.15, -0.1) is 0 Å². The molecule has 0 saturated carbocycles. The van der Waals surface area contributed by atoms with Crippen LogP contribution >= 0.6 is 0 Å². The first-order valence-corrected chi connectivity index (χ1v) is 6.89. The van der Waals surface area contributed by atoms with Crippen LogP contribution in [0.3, 0.4) is 0 Å². The van der Waals surface area contributed by atoms with Gasteiger partial charge in [0.05, 0.1) is 0 Å². The van der Waals surface area contributed by atoms with Gasteiger partial charge in [0.2, 0.25) is 0 Å². The fourth-order valence-corrected chi connectivity index (χ4v) is 2.43. The van der Waals surface area contributed by atoms with Crippen LogP contribution in [-0.4, -0.2) is 5.48 Å². The zero-order chi connectivity index (χ0) is 13.8. The summed E-state index contributed by atoms with van der Waals surface area (Å²) in [5.74, 6) is 0. The molecule has 3 aromatic carbocycles. The summed E-state index contributed by atoms with van der Waals surface area (Å²) in [6, 6.07) is 29.9. The molecule has 0 aromatic heterocycles. The van der Waals surface area contributed by atoms with E-state index < -0.39 is 0 Å². The lowest BCUT2D eigenvalue weighted by Gasteiger charge is -2.18. The quantitative estimate of drug-likeness (QED) is 0.771. The Morgan fingerprint density at radius 3 is 1.33 bits per heavy atom. The van der Waals surface area contributed by atoms with Crippen molar-refractivity contribution in [2.45, 2.75) is 6.92 Å². The maximum atomic E-state index is 2.20. The van der Waals surface area contributed by atoms with Crippen LogP contribution < -0.4 is 4.90 Å². The first kappa shape index (κ1) is 15.0. The molecule has 0 spiro atoms. The van der Waals surface area contributed by atoms with Crippen molar-refractivity contribution >= 4 is 17.1 Å². The summed E-state index contributed by atoms with van der Waals surface area (Å²) in [5, 5.41) is 0. The van der Waals surface area contributed by atoms with Crippen molar-refractivity contribution < 1.29 is 10.4 Å². The number of para-hydroxylation sites is 2. The molecule has 0 aliphatic carbocycles. The Balaban J connectivity index is 0.00000161. The molecule has 0 saturated heterocycles. The molecule has 21 heavy (non-hydrogen) atoms. The van der Waals surface area contributed by atoms with Crippen LogP contribution in [-0.2, 0) is 0 Å². The van der Waals surface area contributed by atoms with E-state index in [-0.39, 0.29) is 5.48 Å². The Bertz CT molecular complexity index is 623. The minimum absolute atomic E-state index is 0. The first-order valence-electron chi connectivity index (χ1n) is 6.89. The molecular formula is C19H19NO. The lowest BCUT2D eigenvalue weighted by Crippen LogP contribution is -2.96. The molecule has 0 aliphatic rings. The smallest absolute Gasteiger partial charge is 0.141 e. The predicted octanol–water partition coefficient (Wildman–Crippen LogP) is 4.00. The minimum atomic E-state index is 0. The number of hydrogen-bond donors (Lipinski definition) is 1. The van der Waals surface area contributed by atoms with Crippen molar-refractivity contribution in [3.05, 3.63) is 90.5 Å². The molecule has 0 fully saturated rings. The molecule has 0 unspecified atom stereocenters. The molecule has 3 aromatic rings. The Hall–Kier alpha value is -2.42. The Kier molecular flexibility index (Phi) is 4.88. The van der Waals surface area contributed by atoms with Crippen molar-refractivity contribution in [3.8, 4) is 0 Å². The molecule has 0 aliphatic heterocycles. The fraction of sp³-hybridized carbons (Fsp3) is 0.0526. The molecule has 0 bridgehead atoms. The highest BCUT2D eigenvalue weighted by Gasteiger charge is 2.17. The highest BCUT2D eigenvalue weighted by molar-refractivity contribution is 5.46. The van der Waals surface area contributed by atoms with Gasteiger partial charge in [0.25, 0.3) is 0 Å². The number of nitrogens with one attached hydrogen (secondary N) is 1. The van der Waals surface area contributed by atoms with Crippen molar-refractivity contribution in [1.82, 2.24) is 0 Å². The van der Waals surface area contributed by atoms with E-state index in [2.05, 4.69) is 91.9 Å². The molecular weight excluding hydrogens is 258 g/mol. The lowest BCUT2D eigenvalue weighted by atomic mass is 10.1. The van der Waals surface area contributed by atoms with Gasteiger partial charge in [-0.05, 0) is 31.2 Å². The SMILES string of the molecule is Cc1ccc([NH+](c2ccccc2)c2ccccc2)cc1.[OH-]. The molecule has 0 amide bonds. The highest BCUT2D eigenvalue weighted by atomic mass is 16.0. The topological polar surface area (TPSA) is 34.4 Å². The summed E-state index contributed by atoms with van der Waals surface area (Å²) in [4.78, 5) is 1.28. The number of quaternary nitrogens is 1. The van der Waals surface area contributed by atoms with Gasteiger partial charge in [0.15, 0.2) is 0 Å². The molecule has 2 nitrogen and oxygen atoms in total. The summed E-state index contributed by atoms with van der Waals surface area (Å²) in [6.07, 6.45) is 0. The van der Waals surface area contributed by atoms with Crippen LogP contribution in [0.1, 0.15) is 5.56 Å². The summed E-state index contributed by atoms with van der Waals surface area (Å²) >= 11 is 0. The van der Waals surface area contributed by atoms with Crippen LogP contribution in [0.2, 0.25) is 0 Å². The standard InChI is InChI=1S/C19H17N.H2O/c1-16-12-14-19(15-13-16)20(17-8-4-2-5-9-17)18-10-6-3-7-11-18;/h2-15H,1H3;1H2. The Morgan fingerprint density at radius 1 is 0.524 bits per heavy atom. The van der Waals surface area contributed by atoms with E-state index >= 15 is 0 Å². The van der Waals surface area contributed by atoms with Crippen LogP contribution in [0.4, 0.5) is 17.1 Å². The second-order valence-corrected chi connectivity index (χ2v) is 4.97. The normalized spacial score (nSPS) is 10.2. The van der Waals surface area contributed by atoms with Gasteiger partial charge in [-0.2, -0.15) is 0 Å². The van der Waals surface area contributed by atoms with E-state index in [1.807, 2.05) is 0 Å². The van der Waals surface area contributed by atoms with E-state index in [4.69, 9.17) is 0 Å². The molecule has 0 atom stereocenters. The number of aryl methyl sites for hydroxylation is 1. The van der Waals surface area contributed by atoms with Gasteiger partial charge in [-0.1, -0.05) is 54.1 Å². The van der Waals surface area contributed by atoms with E-state index in [1.54, 1.807) is 0 Å². The second-order valence-electron chi connectivity index (χ2n) is 4.97. The third kappa shape index (κ3) is 3.37. The van der Waals surface area contributed by atoms with E-state index in [0.29, 0.717) is 0 Å². The van der Waals surface area contributed by atoms with E-state index in [0.717, 1.165) is 0 Å². The zero-order valence-corrected chi connectivity index (χ0v) is 12.0. The molecule has 106 valence electrons. The van der Waals surface area contributed by atoms with Gasteiger partial charge >= 0.3 is 0 Å². The molecule has 2 heteroatoms. The van der Waals surface area contributed by atoms with E-state index in [9.17, 15) is 0 Å². The van der Waals surface area contributed by atoms with Gasteiger partial charge in [0.1, 0.15) is 17.1 Å². The first-order chi connectivity index (χ1) is 9.84. The number of benzene rings is 3. The summed E-state index contributed by atoms with van der Waals surface area (Å²) in [7, 11) is 0. The van der Waals surface area contributed by atoms with Crippen LogP contribution in [0.25, 0.3) is 0 Å². The molecule has 2 N–H and O–H groups in total. The average molecular weight is 277 g/mol. The molecule has 0 heterocycles. The number of rotatable bonds is 3. The van der Waals surface area contributed by atoms with Crippen molar-refractivity contribution in [3.63, 3.8) is 0 Å². The summed E-state index contributed by atoms with van der Waals surface area (Å²) in [5.41, 5.74) is 5.05.